The lowest BCUT2D eigenvalue weighted by molar-refractivity contribution is 0.0468. The fraction of sp³-hybridized carbons (Fsp3) is 0.0833. The Morgan fingerprint density at radius 1 is 0.688 bits per heavy atom. The number of hydrogen-bond donors (Lipinski definition) is 0. The van der Waals surface area contributed by atoms with E-state index >= 15 is 0 Å². The summed E-state index contributed by atoms with van der Waals surface area (Å²) in [6, 6.07) is 22.0. The van der Waals surface area contributed by atoms with Crippen LogP contribution in [0.3, 0.4) is 0 Å². The lowest BCUT2D eigenvalue weighted by Gasteiger charge is -2.15. The van der Waals surface area contributed by atoms with E-state index in [1.54, 1.807) is 36.4 Å². The van der Waals surface area contributed by atoms with Gasteiger partial charge in [0.25, 0.3) is 0 Å². The Morgan fingerprint density at radius 2 is 1.12 bits per heavy atom. The summed E-state index contributed by atoms with van der Waals surface area (Å²) in [5, 5.41) is 19.5. The van der Waals surface area contributed by atoms with Crippen LogP contribution in [0.2, 0.25) is 0 Å². The molecule has 0 aliphatic rings. The number of carbonyl (C=O) groups is 2. The maximum absolute atomic E-state index is 12.9. The van der Waals surface area contributed by atoms with Crippen molar-refractivity contribution in [3.8, 4) is 12.1 Å². The normalized spacial score (nSPS) is 10.0. The molecule has 0 radical (unpaired) electrons. The smallest absolute Gasteiger partial charge is 0.341 e. The molecule has 3 aromatic carbocycles. The van der Waals surface area contributed by atoms with Crippen molar-refractivity contribution in [3.63, 3.8) is 0 Å². The average Bonchev–Trinajstić information content (AvgIpc) is 2.83. The fourth-order valence-electron chi connectivity index (χ4n) is 2.89. The van der Waals surface area contributed by atoms with Crippen molar-refractivity contribution in [2.45, 2.75) is 13.2 Å². The summed E-state index contributed by atoms with van der Waals surface area (Å²) in [5.41, 5.74) is 0.994. The van der Waals surface area contributed by atoms with Crippen LogP contribution < -0.4 is 0 Å². The topological polar surface area (TPSA) is 100 Å². The number of nitriles is 2. The van der Waals surface area contributed by atoms with Crippen LogP contribution >= 0.6 is 45.2 Å². The standard InChI is InChI=1S/C24H14I2N2O4/c25-21-18(12-28)19(23(29)31-13-15-7-3-1-4-8-15)17(11-27)20(22(21)26)24(30)32-14-16-9-5-2-6-10-16/h1-10H,13-14H2. The molecular weight excluding hydrogens is 634 g/mol. The number of benzene rings is 3. The molecule has 0 heterocycles. The van der Waals surface area contributed by atoms with Crippen LogP contribution in [0, 0.1) is 29.8 Å². The van der Waals surface area contributed by atoms with Gasteiger partial charge in [-0.1, -0.05) is 60.7 Å². The highest BCUT2D eigenvalue weighted by molar-refractivity contribution is 14.1. The van der Waals surface area contributed by atoms with Crippen LogP contribution in [0.25, 0.3) is 0 Å². The summed E-state index contributed by atoms with van der Waals surface area (Å²) in [7, 11) is 0. The molecule has 0 spiro atoms. The molecule has 0 saturated carbocycles. The maximum atomic E-state index is 12.9. The second-order valence-corrected chi connectivity index (χ2v) is 8.63. The minimum atomic E-state index is -0.853. The van der Waals surface area contributed by atoms with Crippen LogP contribution in [0.1, 0.15) is 43.0 Å². The first kappa shape index (κ1) is 23.7. The van der Waals surface area contributed by atoms with E-state index in [0.717, 1.165) is 11.1 Å². The lowest BCUT2D eigenvalue weighted by atomic mass is 9.97. The number of hydrogen-bond acceptors (Lipinski definition) is 6. The Bertz CT molecular complexity index is 1250. The highest BCUT2D eigenvalue weighted by Gasteiger charge is 2.31. The van der Waals surface area contributed by atoms with Crippen molar-refractivity contribution in [2.75, 3.05) is 0 Å². The van der Waals surface area contributed by atoms with Gasteiger partial charge in [0.1, 0.15) is 25.4 Å². The predicted molar refractivity (Wildman–Crippen MR) is 132 cm³/mol. The van der Waals surface area contributed by atoms with Gasteiger partial charge in [0, 0.05) is 7.14 Å². The highest BCUT2D eigenvalue weighted by Crippen LogP contribution is 2.32. The molecule has 0 aliphatic heterocycles. The minimum absolute atomic E-state index is 0.00495. The molecule has 0 unspecified atom stereocenters. The van der Waals surface area contributed by atoms with Gasteiger partial charge < -0.3 is 9.47 Å². The maximum Gasteiger partial charge on any atom is 0.341 e. The van der Waals surface area contributed by atoms with Gasteiger partial charge in [0.15, 0.2) is 0 Å². The van der Waals surface area contributed by atoms with Gasteiger partial charge in [-0.3, -0.25) is 0 Å². The molecule has 3 aromatic rings. The Labute approximate surface area is 212 Å². The van der Waals surface area contributed by atoms with E-state index in [1.807, 2.05) is 81.6 Å². The first-order chi connectivity index (χ1) is 15.5. The molecule has 32 heavy (non-hydrogen) atoms. The third kappa shape index (κ3) is 5.26. The molecule has 0 atom stereocenters. The quantitative estimate of drug-likeness (QED) is 0.264. The van der Waals surface area contributed by atoms with E-state index in [1.165, 1.54) is 0 Å². The van der Waals surface area contributed by atoms with Crippen molar-refractivity contribution in [2.24, 2.45) is 0 Å². The second kappa shape index (κ2) is 11.1. The van der Waals surface area contributed by atoms with Gasteiger partial charge >= 0.3 is 11.9 Å². The number of carbonyl (C=O) groups excluding carboxylic acids is 2. The van der Waals surface area contributed by atoms with Gasteiger partial charge in [-0.25, -0.2) is 9.59 Å². The van der Waals surface area contributed by atoms with Gasteiger partial charge in [-0.05, 0) is 56.3 Å². The van der Waals surface area contributed by atoms with E-state index in [4.69, 9.17) is 9.47 Å². The summed E-state index contributed by atoms with van der Waals surface area (Å²) in [4.78, 5) is 25.8. The predicted octanol–water partition coefficient (Wildman–Crippen LogP) is 5.35. The van der Waals surface area contributed by atoms with Gasteiger partial charge in [0.2, 0.25) is 0 Å². The number of nitrogens with zero attached hydrogens (tertiary/aromatic N) is 2. The fourth-order valence-corrected chi connectivity index (χ4v) is 4.31. The molecule has 0 aliphatic carbocycles. The molecule has 158 valence electrons. The van der Waals surface area contributed by atoms with E-state index < -0.39 is 11.9 Å². The molecule has 0 aromatic heterocycles. The Hall–Kier alpha value is -2.96. The molecule has 0 N–H and O–H groups in total. The van der Waals surface area contributed by atoms with E-state index in [2.05, 4.69) is 0 Å². The Kier molecular flexibility index (Phi) is 8.20. The van der Waals surface area contributed by atoms with Crippen molar-refractivity contribution in [1.82, 2.24) is 0 Å². The third-order valence-corrected chi connectivity index (χ3v) is 7.63. The number of ether oxygens (including phenoxy) is 2. The van der Waals surface area contributed by atoms with Gasteiger partial charge in [-0.2, -0.15) is 10.5 Å². The lowest BCUT2D eigenvalue weighted by Crippen LogP contribution is -2.18. The second-order valence-electron chi connectivity index (χ2n) is 6.48. The van der Waals surface area contributed by atoms with E-state index in [0.29, 0.717) is 7.14 Å². The SMILES string of the molecule is N#Cc1c(I)c(I)c(C(=O)OCc2ccccc2)c(C#N)c1C(=O)OCc1ccccc1. The molecule has 3 rings (SSSR count). The summed E-state index contributed by atoms with van der Waals surface area (Å²) < 4.78 is 11.5. The van der Waals surface area contributed by atoms with Crippen molar-refractivity contribution < 1.29 is 19.1 Å². The van der Waals surface area contributed by atoms with Crippen LogP contribution in [0.15, 0.2) is 60.7 Å². The third-order valence-electron chi connectivity index (χ3n) is 4.44. The molecule has 8 heteroatoms. The molecule has 0 saturated heterocycles. The number of esters is 2. The molecule has 6 nitrogen and oxygen atoms in total. The average molecular weight is 648 g/mol. The van der Waals surface area contributed by atoms with Crippen molar-refractivity contribution in [3.05, 3.63) is 101 Å². The number of rotatable bonds is 6. The van der Waals surface area contributed by atoms with Gasteiger partial charge in [-0.15, -0.1) is 0 Å². The zero-order valence-corrected chi connectivity index (χ0v) is 20.8. The van der Waals surface area contributed by atoms with Crippen LogP contribution in [-0.4, -0.2) is 11.9 Å². The first-order valence-electron chi connectivity index (χ1n) is 9.25. The van der Waals surface area contributed by atoms with Crippen LogP contribution in [-0.2, 0) is 22.7 Å². The minimum Gasteiger partial charge on any atom is -0.457 e. The van der Waals surface area contributed by atoms with E-state index in [-0.39, 0.29) is 35.5 Å². The Morgan fingerprint density at radius 3 is 1.56 bits per heavy atom. The van der Waals surface area contributed by atoms with Crippen LogP contribution in [0.5, 0.6) is 0 Å². The molecule has 0 bridgehead atoms. The number of halogens is 2. The summed E-state index contributed by atoms with van der Waals surface area (Å²) in [6.07, 6.45) is 0. The molecule has 0 fully saturated rings. The summed E-state index contributed by atoms with van der Waals surface area (Å²) >= 11 is 3.76. The monoisotopic (exact) mass is 648 g/mol. The van der Waals surface area contributed by atoms with Crippen LogP contribution in [0.4, 0.5) is 0 Å². The zero-order chi connectivity index (χ0) is 23.1. The van der Waals surface area contributed by atoms with E-state index in [9.17, 15) is 20.1 Å². The highest BCUT2D eigenvalue weighted by atomic mass is 127. The largest absolute Gasteiger partial charge is 0.457 e. The van der Waals surface area contributed by atoms with Crippen molar-refractivity contribution in [1.29, 1.82) is 10.5 Å². The molecular formula is C24H14I2N2O4. The Balaban J connectivity index is 1.98. The zero-order valence-electron chi connectivity index (χ0n) is 16.5. The van der Waals surface area contributed by atoms with Gasteiger partial charge in [0.05, 0.1) is 22.3 Å². The summed E-state index contributed by atoms with van der Waals surface area (Å²) in [5.74, 6) is -1.61. The summed E-state index contributed by atoms with van der Waals surface area (Å²) in [6.45, 7) is -0.0310. The van der Waals surface area contributed by atoms with Crippen molar-refractivity contribution >= 4 is 57.1 Å². The molecule has 0 amide bonds. The first-order valence-corrected chi connectivity index (χ1v) is 11.4.